The molecule has 4 aromatic rings. The first-order valence-electron chi connectivity index (χ1n) is 19.5. The van der Waals surface area contributed by atoms with Crippen LogP contribution in [0.15, 0.2) is 74.7 Å². The fourth-order valence-electron chi connectivity index (χ4n) is 7.91. The lowest BCUT2D eigenvalue weighted by Crippen LogP contribution is -3.05. The van der Waals surface area contributed by atoms with Crippen LogP contribution in [0.5, 0.6) is 11.5 Å². The summed E-state index contributed by atoms with van der Waals surface area (Å²) < 4.78 is 24.0. The molecule has 0 amide bonds. The van der Waals surface area contributed by atoms with Crippen molar-refractivity contribution < 1.29 is 33.4 Å². The van der Waals surface area contributed by atoms with Gasteiger partial charge < -0.3 is 34.8 Å². The highest BCUT2D eigenvalue weighted by Crippen LogP contribution is 2.45. The van der Waals surface area contributed by atoms with Crippen LogP contribution < -0.4 is 26.1 Å². The summed E-state index contributed by atoms with van der Waals surface area (Å²) in [6.07, 6.45) is 9.64. The van der Waals surface area contributed by atoms with Crippen LogP contribution in [0.3, 0.4) is 0 Å². The molecule has 1 aromatic carbocycles. The number of nitrogens with one attached hydrogen (secondary N) is 2. The van der Waals surface area contributed by atoms with Crippen molar-refractivity contribution in [3.63, 3.8) is 0 Å². The van der Waals surface area contributed by atoms with E-state index in [1.165, 1.54) is 16.5 Å². The Morgan fingerprint density at radius 2 is 1.96 bits per heavy atom. The number of aryl methyl sites for hydroxylation is 2. The molecule has 0 aliphatic carbocycles. The van der Waals surface area contributed by atoms with Crippen molar-refractivity contribution in [3.05, 3.63) is 93.3 Å². The molecule has 292 valence electrons. The van der Waals surface area contributed by atoms with Crippen molar-refractivity contribution in [2.24, 2.45) is 4.99 Å². The number of unbranched alkanes of at least 4 members (excludes halogenated alkanes) is 2. The minimum Gasteiger partial charge on any atom is -0.507 e. The number of nitrogen functional groups attached to an aromatic ring is 1. The Labute approximate surface area is 325 Å². The number of carbonyl (C=O) groups is 1. The fourth-order valence-corrected chi connectivity index (χ4v) is 7.91. The van der Waals surface area contributed by atoms with Crippen LogP contribution >= 0.6 is 0 Å². The molecule has 0 saturated carbocycles. The summed E-state index contributed by atoms with van der Waals surface area (Å²) in [6, 6.07) is 11.0. The molecule has 0 bridgehead atoms. The smallest absolute Gasteiger partial charge is 0.341 e. The molecule has 3 aromatic heterocycles. The number of nitrogens with zero attached hydrogens (tertiary/aromatic N) is 3. The maximum absolute atomic E-state index is 13.7. The van der Waals surface area contributed by atoms with Gasteiger partial charge in [0.05, 0.1) is 23.1 Å². The van der Waals surface area contributed by atoms with E-state index in [4.69, 9.17) is 34.3 Å². The molecule has 4 atom stereocenters. The minimum absolute atomic E-state index is 0.0700. The van der Waals surface area contributed by atoms with E-state index < -0.39 is 23.3 Å². The first-order chi connectivity index (χ1) is 26.8. The average Bonchev–Trinajstić information content (AvgIpc) is 3.38. The lowest BCUT2D eigenvalue weighted by Gasteiger charge is -2.39. The number of aromatic nitrogens is 2. The monoisotopic (exact) mass is 761 g/mol. The molecule has 5 N–H and O–H groups in total. The number of anilines is 2. The zero-order valence-corrected chi connectivity index (χ0v) is 32.5. The molecule has 13 nitrogen and oxygen atoms in total. The van der Waals surface area contributed by atoms with Gasteiger partial charge in [0.2, 0.25) is 0 Å². The number of ether oxygens (including phenoxy) is 3. The predicted molar refractivity (Wildman–Crippen MR) is 213 cm³/mol. The van der Waals surface area contributed by atoms with E-state index in [1.54, 1.807) is 19.9 Å². The van der Waals surface area contributed by atoms with Crippen molar-refractivity contribution in [3.8, 4) is 22.8 Å². The highest BCUT2D eigenvalue weighted by Gasteiger charge is 2.60. The number of hydrogen-bond acceptors (Lipinski definition) is 12. The van der Waals surface area contributed by atoms with E-state index in [-0.39, 0.29) is 34.7 Å². The van der Waals surface area contributed by atoms with Crippen LogP contribution in [-0.2, 0) is 33.7 Å². The molecular formula is C43H49N6O7+. The van der Waals surface area contributed by atoms with Gasteiger partial charge in [-0.05, 0) is 82.9 Å². The van der Waals surface area contributed by atoms with Gasteiger partial charge >= 0.3 is 5.97 Å². The van der Waals surface area contributed by atoms with E-state index >= 15 is 0 Å². The molecule has 7 heterocycles. The maximum Gasteiger partial charge on any atom is 0.341 e. The second-order valence-corrected chi connectivity index (χ2v) is 16.0. The molecule has 56 heavy (non-hydrogen) atoms. The van der Waals surface area contributed by atoms with Gasteiger partial charge in [-0.25, -0.2) is 14.8 Å². The fraction of sp³-hybridized carbons (Fsp3) is 0.419. The second kappa shape index (κ2) is 14.5. The van der Waals surface area contributed by atoms with Crippen molar-refractivity contribution in [2.45, 2.75) is 103 Å². The SMILES string of the molecule is CCCCCNc1cc(-c2cc(CC[C@@H]3O[C@@]3(C)C(=O)O[C@H]3Cc4c(cc5oc(C)cc(=O)c5c4O)OC3(C)C)cc(N)n2)cc(C[NH+]2C=C3C=CN=C3C2)n1. The van der Waals surface area contributed by atoms with Gasteiger partial charge in [0, 0.05) is 42.4 Å². The van der Waals surface area contributed by atoms with Crippen LogP contribution in [0.4, 0.5) is 11.6 Å². The van der Waals surface area contributed by atoms with Gasteiger partial charge in [-0.1, -0.05) is 19.8 Å². The molecule has 1 fully saturated rings. The maximum atomic E-state index is 13.7. The number of pyridine rings is 2. The van der Waals surface area contributed by atoms with Gasteiger partial charge in [-0.3, -0.25) is 14.7 Å². The molecule has 0 spiro atoms. The first-order valence-corrected chi connectivity index (χ1v) is 19.5. The summed E-state index contributed by atoms with van der Waals surface area (Å²) in [4.78, 5) is 41.8. The zero-order chi connectivity index (χ0) is 39.4. The Balaban J connectivity index is 0.948. The topological polar surface area (TPSA) is 179 Å². The number of quaternary nitrogens is 1. The number of epoxide rings is 1. The molecular weight excluding hydrogens is 713 g/mol. The third-order valence-corrected chi connectivity index (χ3v) is 11.2. The van der Waals surface area contributed by atoms with Gasteiger partial charge in [0.15, 0.2) is 11.0 Å². The summed E-state index contributed by atoms with van der Waals surface area (Å²) in [6.45, 7) is 11.6. The number of esters is 1. The van der Waals surface area contributed by atoms with E-state index in [0.29, 0.717) is 42.3 Å². The van der Waals surface area contributed by atoms with Gasteiger partial charge in [0.1, 0.15) is 76.6 Å². The van der Waals surface area contributed by atoms with Gasteiger partial charge in [-0.2, -0.15) is 0 Å². The molecule has 4 aliphatic heterocycles. The zero-order valence-electron chi connectivity index (χ0n) is 32.5. The number of phenols is 1. The lowest BCUT2D eigenvalue weighted by atomic mass is 9.89. The number of aromatic hydroxyl groups is 1. The van der Waals surface area contributed by atoms with E-state index in [9.17, 15) is 14.7 Å². The Hall–Kier alpha value is -5.53. The van der Waals surface area contributed by atoms with Crippen LogP contribution in [-0.4, -0.2) is 63.3 Å². The minimum atomic E-state index is -1.15. The highest BCUT2D eigenvalue weighted by molar-refractivity contribution is 6.06. The summed E-state index contributed by atoms with van der Waals surface area (Å²) in [5, 5.41) is 14.7. The Morgan fingerprint density at radius 3 is 2.77 bits per heavy atom. The first kappa shape index (κ1) is 37.4. The number of nitrogens with two attached hydrogens (primary N) is 1. The van der Waals surface area contributed by atoms with Crippen molar-refractivity contribution in [2.75, 3.05) is 24.1 Å². The van der Waals surface area contributed by atoms with E-state index in [0.717, 1.165) is 66.4 Å². The molecule has 1 unspecified atom stereocenters. The Morgan fingerprint density at radius 1 is 1.12 bits per heavy atom. The summed E-state index contributed by atoms with van der Waals surface area (Å²) in [7, 11) is 0. The molecule has 13 heteroatoms. The number of carbonyl (C=O) groups excluding carboxylic acids is 1. The van der Waals surface area contributed by atoms with Crippen LogP contribution in [0.2, 0.25) is 0 Å². The average molecular weight is 762 g/mol. The largest absolute Gasteiger partial charge is 0.507 e. The molecule has 4 aliphatic rings. The lowest BCUT2D eigenvalue weighted by molar-refractivity contribution is -0.848. The van der Waals surface area contributed by atoms with Gasteiger partial charge in [0.25, 0.3) is 0 Å². The number of phenolic OH excluding ortho intramolecular Hbond substituents is 1. The Kier molecular flexibility index (Phi) is 9.70. The number of allylic oxidation sites excluding steroid dienone is 1. The summed E-state index contributed by atoms with van der Waals surface area (Å²) in [5.74, 6) is 1.28. The van der Waals surface area contributed by atoms with Crippen molar-refractivity contribution in [1.82, 2.24) is 9.97 Å². The number of benzene rings is 1. The third kappa shape index (κ3) is 7.40. The second-order valence-electron chi connectivity index (χ2n) is 16.0. The number of aliphatic imine (C=N–C) groups is 1. The van der Waals surface area contributed by atoms with Crippen LogP contribution in [0.1, 0.15) is 76.0 Å². The normalized spacial score (nSPS) is 22.9. The predicted octanol–water partition coefficient (Wildman–Crippen LogP) is 5.11. The molecule has 8 rings (SSSR count). The number of fused-ring (bicyclic) bond motifs is 3. The summed E-state index contributed by atoms with van der Waals surface area (Å²) in [5.41, 5.74) is 10.5. The van der Waals surface area contributed by atoms with E-state index in [2.05, 4.69) is 29.5 Å². The van der Waals surface area contributed by atoms with Crippen LogP contribution in [0, 0.1) is 6.92 Å². The summed E-state index contributed by atoms with van der Waals surface area (Å²) >= 11 is 0. The standard InChI is InChI=1S/C43H48N6O7/c1-6-7-8-12-46-38-18-27(17-28(47-38)22-49-21-26-11-13-45-31(26)23-49)30-15-25(16-37(44)48-30)9-10-35-43(5,56-35)41(52)54-36-19-29-33(55-42(36,3)4)20-34-39(40(29)51)32(50)14-24(2)53-34/h11,13-18,20-21,35-36,51H,6-10,12,19,22-23H2,1-5H3,(H2,44,48)(H,46,47)/p+1/t35-,36-,43+/m0/s1. The van der Waals surface area contributed by atoms with Crippen LogP contribution in [0.25, 0.3) is 22.2 Å². The number of hydrogen-bond donors (Lipinski definition) is 4. The van der Waals surface area contributed by atoms with Crippen molar-refractivity contribution >= 4 is 34.3 Å². The molecule has 0 radical (unpaired) electrons. The quantitative estimate of drug-likeness (QED) is 0.0808. The number of rotatable bonds is 13. The van der Waals surface area contributed by atoms with E-state index in [1.807, 2.05) is 44.3 Å². The third-order valence-electron chi connectivity index (χ3n) is 11.2. The molecule has 1 saturated heterocycles. The van der Waals surface area contributed by atoms with Crippen molar-refractivity contribution in [1.29, 1.82) is 0 Å². The Bertz CT molecular complexity index is 2380. The highest BCUT2D eigenvalue weighted by atomic mass is 16.7. The van der Waals surface area contributed by atoms with Gasteiger partial charge in [-0.15, -0.1) is 0 Å².